The first-order valence-corrected chi connectivity index (χ1v) is 7.80. The summed E-state index contributed by atoms with van der Waals surface area (Å²) in [5.74, 6) is -0.910. The number of hydrogen-bond acceptors (Lipinski definition) is 1. The Labute approximate surface area is 155 Å². The van der Waals surface area contributed by atoms with Crippen molar-refractivity contribution in [3.8, 4) is 11.1 Å². The molecule has 0 aliphatic heterocycles. The number of rotatable bonds is 2. The van der Waals surface area contributed by atoms with Crippen LogP contribution in [0.5, 0.6) is 0 Å². The highest BCUT2D eigenvalue weighted by atomic mass is 79.9. The van der Waals surface area contributed by atoms with Crippen molar-refractivity contribution in [3.63, 3.8) is 0 Å². The van der Waals surface area contributed by atoms with Crippen LogP contribution < -0.4 is 21.5 Å². The Morgan fingerprint density at radius 2 is 1.28 bits per heavy atom. The molecule has 0 aliphatic rings. The fourth-order valence-corrected chi connectivity index (χ4v) is 3.41. The molecule has 1 N–H and O–H groups in total. The highest BCUT2D eigenvalue weighted by molar-refractivity contribution is 6.11. The van der Waals surface area contributed by atoms with E-state index in [-0.39, 0.29) is 17.0 Å². The van der Waals surface area contributed by atoms with Crippen LogP contribution in [0.1, 0.15) is 10.4 Å². The Balaban J connectivity index is 0.00000182. The normalized spacial score (nSPS) is 10.6. The van der Waals surface area contributed by atoms with Crippen molar-refractivity contribution in [1.29, 1.82) is 0 Å². The minimum absolute atomic E-state index is 0. The molecule has 1 heterocycles. The van der Waals surface area contributed by atoms with Crippen LogP contribution in [0.25, 0.3) is 32.9 Å². The topological polar surface area (TPSA) is 41.2 Å². The lowest BCUT2D eigenvalue weighted by Crippen LogP contribution is -3.00. The standard InChI is InChI=1S/C21H15NO2.BrH/c1-22-18-12-6-4-10-16(18)20(17-11-5-7-13-19(17)22)14-8-2-3-9-15(14)21(23)24;/h2-13H,1H3;1H. The van der Waals surface area contributed by atoms with Crippen LogP contribution in [0.3, 0.4) is 0 Å². The molecule has 0 aliphatic carbocycles. The maximum absolute atomic E-state index is 11.7. The van der Waals surface area contributed by atoms with E-state index in [0.29, 0.717) is 5.56 Å². The molecule has 4 aromatic rings. The molecular weight excluding hydrogens is 378 g/mol. The van der Waals surface area contributed by atoms with E-state index in [9.17, 15) is 9.90 Å². The summed E-state index contributed by atoms with van der Waals surface area (Å²) >= 11 is 0. The molecule has 25 heavy (non-hydrogen) atoms. The average molecular weight is 394 g/mol. The lowest BCUT2D eigenvalue weighted by Gasteiger charge is -2.12. The lowest BCUT2D eigenvalue weighted by atomic mass is 9.92. The van der Waals surface area contributed by atoms with Gasteiger partial charge in [0.2, 0.25) is 11.0 Å². The van der Waals surface area contributed by atoms with Crippen molar-refractivity contribution in [3.05, 3.63) is 78.4 Å². The zero-order valence-electron chi connectivity index (χ0n) is 13.6. The molecule has 124 valence electrons. The van der Waals surface area contributed by atoms with Gasteiger partial charge >= 0.3 is 5.97 Å². The van der Waals surface area contributed by atoms with E-state index in [1.54, 1.807) is 12.1 Å². The summed E-state index contributed by atoms with van der Waals surface area (Å²) < 4.78 is 2.15. The van der Waals surface area contributed by atoms with E-state index in [0.717, 1.165) is 32.9 Å². The number of nitrogens with zero attached hydrogens (tertiary/aromatic N) is 1. The van der Waals surface area contributed by atoms with Crippen molar-refractivity contribution in [2.75, 3.05) is 0 Å². The Morgan fingerprint density at radius 1 is 0.800 bits per heavy atom. The zero-order chi connectivity index (χ0) is 16.7. The van der Waals surface area contributed by atoms with E-state index in [1.165, 1.54) is 0 Å². The largest absolute Gasteiger partial charge is 1.00 e. The van der Waals surface area contributed by atoms with Crippen LogP contribution in [0.2, 0.25) is 0 Å². The van der Waals surface area contributed by atoms with Gasteiger partial charge in [0, 0.05) is 17.7 Å². The van der Waals surface area contributed by atoms with Crippen molar-refractivity contribution >= 4 is 27.8 Å². The highest BCUT2D eigenvalue weighted by Gasteiger charge is 2.21. The van der Waals surface area contributed by atoms with Crippen LogP contribution in [0.4, 0.5) is 0 Å². The maximum Gasteiger partial charge on any atom is 0.336 e. The molecule has 4 heteroatoms. The molecule has 0 saturated heterocycles. The molecule has 3 aromatic carbocycles. The van der Waals surface area contributed by atoms with Crippen LogP contribution in [-0.4, -0.2) is 11.1 Å². The van der Waals surface area contributed by atoms with Crippen molar-refractivity contribution in [2.45, 2.75) is 0 Å². The molecule has 0 unspecified atom stereocenters. The summed E-state index contributed by atoms with van der Waals surface area (Å²) in [6, 6.07) is 23.4. The van der Waals surface area contributed by atoms with Gasteiger partial charge in [-0.2, -0.15) is 4.57 Å². The first-order valence-electron chi connectivity index (χ1n) is 7.80. The molecule has 4 rings (SSSR count). The van der Waals surface area contributed by atoms with Crippen molar-refractivity contribution < 1.29 is 31.4 Å². The van der Waals surface area contributed by atoms with Gasteiger partial charge in [0.15, 0.2) is 0 Å². The summed E-state index contributed by atoms with van der Waals surface area (Å²) in [4.78, 5) is 11.7. The van der Waals surface area contributed by atoms with E-state index < -0.39 is 5.97 Å². The second kappa shape index (κ2) is 6.65. The second-order valence-electron chi connectivity index (χ2n) is 5.82. The Morgan fingerprint density at radius 3 is 1.84 bits per heavy atom. The van der Waals surface area contributed by atoms with Gasteiger partial charge in [0.25, 0.3) is 0 Å². The number of benzene rings is 3. The fraction of sp³-hybridized carbons (Fsp3) is 0.0476. The van der Waals surface area contributed by atoms with Crippen molar-refractivity contribution in [1.82, 2.24) is 0 Å². The Bertz CT molecular complexity index is 1050. The molecule has 0 fully saturated rings. The van der Waals surface area contributed by atoms with Gasteiger partial charge < -0.3 is 22.1 Å². The minimum Gasteiger partial charge on any atom is -1.00 e. The number of aromatic carboxylic acids is 1. The van der Waals surface area contributed by atoms with Crippen LogP contribution in [-0.2, 0) is 7.05 Å². The van der Waals surface area contributed by atoms with E-state index >= 15 is 0 Å². The van der Waals surface area contributed by atoms with E-state index in [1.807, 2.05) is 43.4 Å². The quantitative estimate of drug-likeness (QED) is 0.410. The molecule has 0 saturated carbocycles. The maximum atomic E-state index is 11.7. The Hall–Kier alpha value is -2.72. The number of hydrogen-bond donors (Lipinski definition) is 1. The number of carboxylic acid groups (broad SMARTS) is 1. The third-order valence-electron chi connectivity index (χ3n) is 4.50. The van der Waals surface area contributed by atoms with E-state index in [4.69, 9.17) is 0 Å². The Kier molecular flexibility index (Phi) is 4.55. The second-order valence-corrected chi connectivity index (χ2v) is 5.82. The first-order chi connectivity index (χ1) is 11.7. The van der Waals surface area contributed by atoms with Gasteiger partial charge in [0.1, 0.15) is 7.05 Å². The molecule has 3 nitrogen and oxygen atoms in total. The van der Waals surface area contributed by atoms with Crippen LogP contribution in [0.15, 0.2) is 72.8 Å². The molecule has 1 aromatic heterocycles. The van der Waals surface area contributed by atoms with Gasteiger partial charge in [0.05, 0.1) is 16.3 Å². The predicted octanol–water partition coefficient (Wildman–Crippen LogP) is 1.19. The van der Waals surface area contributed by atoms with Gasteiger partial charge in [-0.05, 0) is 23.8 Å². The van der Waals surface area contributed by atoms with Crippen LogP contribution in [0, 0.1) is 0 Å². The monoisotopic (exact) mass is 393 g/mol. The highest BCUT2D eigenvalue weighted by Crippen LogP contribution is 2.35. The smallest absolute Gasteiger partial charge is 0.336 e. The number of halogens is 1. The number of carboxylic acids is 1. The minimum atomic E-state index is -0.910. The first kappa shape index (κ1) is 17.1. The molecule has 0 spiro atoms. The lowest BCUT2D eigenvalue weighted by molar-refractivity contribution is -0.617. The van der Waals surface area contributed by atoms with Crippen molar-refractivity contribution in [2.24, 2.45) is 7.05 Å². The number of aryl methyl sites for hydroxylation is 1. The number of para-hydroxylation sites is 2. The third-order valence-corrected chi connectivity index (χ3v) is 4.50. The number of fused-ring (bicyclic) bond motifs is 2. The number of carbonyl (C=O) groups is 1. The van der Waals surface area contributed by atoms with Gasteiger partial charge in [-0.15, -0.1) is 0 Å². The molecule has 0 bridgehead atoms. The van der Waals surface area contributed by atoms with Gasteiger partial charge in [-0.1, -0.05) is 42.5 Å². The molecule has 0 atom stereocenters. The molecule has 0 radical (unpaired) electrons. The average Bonchev–Trinajstić information content (AvgIpc) is 2.62. The summed E-state index contributed by atoms with van der Waals surface area (Å²) in [7, 11) is 2.04. The summed E-state index contributed by atoms with van der Waals surface area (Å²) in [5, 5.41) is 11.7. The molecular formula is C21H16BrNO2. The number of aromatic nitrogens is 1. The molecule has 0 amide bonds. The summed E-state index contributed by atoms with van der Waals surface area (Å²) in [5.41, 5.74) is 4.19. The third kappa shape index (κ3) is 2.68. The van der Waals surface area contributed by atoms with Crippen LogP contribution >= 0.6 is 0 Å². The van der Waals surface area contributed by atoms with E-state index in [2.05, 4.69) is 28.8 Å². The zero-order valence-corrected chi connectivity index (χ0v) is 15.2. The van der Waals surface area contributed by atoms with Gasteiger partial charge in [-0.25, -0.2) is 4.79 Å². The summed E-state index contributed by atoms with van der Waals surface area (Å²) in [6.07, 6.45) is 0. The fourth-order valence-electron chi connectivity index (χ4n) is 3.41. The summed E-state index contributed by atoms with van der Waals surface area (Å²) in [6.45, 7) is 0. The predicted molar refractivity (Wildman–Crippen MR) is 95.0 cm³/mol. The van der Waals surface area contributed by atoms with Gasteiger partial charge in [-0.3, -0.25) is 0 Å². The SMILES string of the molecule is C[n+]1c2ccccc2c(-c2ccccc2C(=O)O)c2ccccc21.[Br-]. The number of pyridine rings is 1.